The predicted molar refractivity (Wildman–Crippen MR) is 87.7 cm³/mol. The molecule has 6 heteroatoms. The van der Waals surface area contributed by atoms with E-state index < -0.39 is 0 Å². The van der Waals surface area contributed by atoms with Gasteiger partial charge in [0.1, 0.15) is 0 Å². The topological polar surface area (TPSA) is 46.9 Å². The van der Waals surface area contributed by atoms with E-state index in [1.807, 2.05) is 41.9 Å². The highest BCUT2D eigenvalue weighted by molar-refractivity contribution is 9.11. The summed E-state index contributed by atoms with van der Waals surface area (Å²) in [6.07, 6.45) is 3.48. The summed E-state index contributed by atoms with van der Waals surface area (Å²) in [6, 6.07) is 11.9. The Labute approximate surface area is 134 Å². The van der Waals surface area contributed by atoms with Crippen molar-refractivity contribution >= 4 is 38.9 Å². The van der Waals surface area contributed by atoms with Gasteiger partial charge in [-0.25, -0.2) is 0 Å². The maximum atomic E-state index is 12.1. The Morgan fingerprint density at radius 3 is 2.81 bits per heavy atom. The summed E-state index contributed by atoms with van der Waals surface area (Å²) in [7, 11) is 0. The lowest BCUT2D eigenvalue weighted by atomic mass is 10.2. The van der Waals surface area contributed by atoms with Crippen LogP contribution in [-0.4, -0.2) is 15.7 Å². The molecule has 3 aromatic rings. The molecule has 1 N–H and O–H groups in total. The highest BCUT2D eigenvalue weighted by atomic mass is 79.9. The molecule has 2 aromatic heterocycles. The highest BCUT2D eigenvalue weighted by Crippen LogP contribution is 2.24. The minimum absolute atomic E-state index is 0.137. The summed E-state index contributed by atoms with van der Waals surface area (Å²) >= 11 is 4.85. The molecule has 0 fully saturated rings. The zero-order valence-corrected chi connectivity index (χ0v) is 13.4. The lowest BCUT2D eigenvalue weighted by Gasteiger charge is -2.02. The van der Waals surface area contributed by atoms with Gasteiger partial charge in [-0.1, -0.05) is 30.3 Å². The molecule has 2 heterocycles. The number of nitrogens with zero attached hydrogens (tertiary/aromatic N) is 2. The zero-order chi connectivity index (χ0) is 14.7. The van der Waals surface area contributed by atoms with E-state index in [1.165, 1.54) is 16.9 Å². The number of benzene rings is 1. The zero-order valence-electron chi connectivity index (χ0n) is 11.0. The van der Waals surface area contributed by atoms with Crippen molar-refractivity contribution in [2.75, 3.05) is 5.32 Å². The fraction of sp³-hybridized carbons (Fsp3) is 0.0667. The van der Waals surface area contributed by atoms with E-state index in [-0.39, 0.29) is 5.91 Å². The van der Waals surface area contributed by atoms with Crippen molar-refractivity contribution in [2.45, 2.75) is 6.54 Å². The number of amides is 1. The summed E-state index contributed by atoms with van der Waals surface area (Å²) in [4.78, 5) is 12.1. The predicted octanol–water partition coefficient (Wildman–Crippen LogP) is 4.01. The second-order valence-corrected chi connectivity index (χ2v) is 6.71. The van der Waals surface area contributed by atoms with E-state index >= 15 is 0 Å². The molecular weight excluding hydrogens is 350 g/mol. The number of anilines is 1. The summed E-state index contributed by atoms with van der Waals surface area (Å²) in [5.41, 5.74) is 2.49. The van der Waals surface area contributed by atoms with Crippen LogP contribution in [0.2, 0.25) is 0 Å². The molecule has 0 aliphatic heterocycles. The van der Waals surface area contributed by atoms with E-state index in [0.29, 0.717) is 17.8 Å². The minimum atomic E-state index is -0.137. The van der Waals surface area contributed by atoms with Crippen LogP contribution >= 0.6 is 27.3 Å². The smallest absolute Gasteiger partial charge is 0.257 e. The normalized spacial score (nSPS) is 10.5. The van der Waals surface area contributed by atoms with Crippen LogP contribution in [0.15, 0.2) is 58.0 Å². The lowest BCUT2D eigenvalue weighted by Crippen LogP contribution is -2.10. The SMILES string of the molecule is O=C(Nc1cnn(Cc2ccccc2)c1)c1ccsc1Br. The Bertz CT molecular complexity index is 751. The van der Waals surface area contributed by atoms with Crippen LogP contribution in [0.4, 0.5) is 5.69 Å². The molecule has 1 amide bonds. The molecular formula is C15H12BrN3OS. The number of hydrogen-bond acceptors (Lipinski definition) is 3. The third-order valence-corrected chi connectivity index (χ3v) is 4.63. The van der Waals surface area contributed by atoms with Crippen molar-refractivity contribution in [3.63, 3.8) is 0 Å². The van der Waals surface area contributed by atoms with E-state index in [1.54, 1.807) is 16.9 Å². The number of carbonyl (C=O) groups is 1. The fourth-order valence-electron chi connectivity index (χ4n) is 1.94. The van der Waals surface area contributed by atoms with Crippen molar-refractivity contribution in [1.82, 2.24) is 9.78 Å². The van der Waals surface area contributed by atoms with E-state index in [2.05, 4.69) is 26.3 Å². The largest absolute Gasteiger partial charge is 0.319 e. The molecule has 0 bridgehead atoms. The van der Waals surface area contributed by atoms with Gasteiger partial charge in [0.15, 0.2) is 0 Å². The molecule has 3 rings (SSSR count). The van der Waals surface area contributed by atoms with Crippen LogP contribution < -0.4 is 5.32 Å². The van der Waals surface area contributed by atoms with E-state index in [4.69, 9.17) is 0 Å². The van der Waals surface area contributed by atoms with Crippen LogP contribution in [0.3, 0.4) is 0 Å². The second kappa shape index (κ2) is 6.24. The van der Waals surface area contributed by atoms with Gasteiger partial charge in [0.2, 0.25) is 0 Å². The standard InChI is InChI=1S/C15H12BrN3OS/c16-14-13(6-7-21-14)15(20)18-12-8-17-19(10-12)9-11-4-2-1-3-5-11/h1-8,10H,9H2,(H,18,20). The first kappa shape index (κ1) is 14.0. The number of halogens is 1. The number of hydrogen-bond donors (Lipinski definition) is 1. The van der Waals surface area contributed by atoms with Crippen molar-refractivity contribution in [1.29, 1.82) is 0 Å². The first-order chi connectivity index (χ1) is 10.2. The first-order valence-electron chi connectivity index (χ1n) is 6.33. The quantitative estimate of drug-likeness (QED) is 0.762. The minimum Gasteiger partial charge on any atom is -0.319 e. The molecule has 0 unspecified atom stereocenters. The van der Waals surface area contributed by atoms with Gasteiger partial charge in [0.05, 0.1) is 27.8 Å². The van der Waals surface area contributed by atoms with Gasteiger partial charge in [-0.15, -0.1) is 11.3 Å². The molecule has 106 valence electrons. The van der Waals surface area contributed by atoms with Crippen LogP contribution in [0.25, 0.3) is 0 Å². The summed E-state index contributed by atoms with van der Waals surface area (Å²) in [5.74, 6) is -0.137. The molecule has 0 atom stereocenters. The number of carbonyl (C=O) groups excluding carboxylic acids is 1. The average Bonchev–Trinajstić information content (AvgIpc) is 3.09. The van der Waals surface area contributed by atoms with Crippen molar-refractivity contribution < 1.29 is 4.79 Å². The number of rotatable bonds is 4. The summed E-state index contributed by atoms with van der Waals surface area (Å²) in [5, 5.41) is 8.98. The van der Waals surface area contributed by atoms with Gasteiger partial charge in [0.25, 0.3) is 5.91 Å². The maximum absolute atomic E-state index is 12.1. The third-order valence-electron chi connectivity index (χ3n) is 2.94. The highest BCUT2D eigenvalue weighted by Gasteiger charge is 2.12. The van der Waals surface area contributed by atoms with Gasteiger partial charge in [0, 0.05) is 6.20 Å². The second-order valence-electron chi connectivity index (χ2n) is 4.47. The molecule has 1 aromatic carbocycles. The average molecular weight is 362 g/mol. The maximum Gasteiger partial charge on any atom is 0.257 e. The summed E-state index contributed by atoms with van der Waals surface area (Å²) in [6.45, 7) is 0.679. The Kier molecular flexibility index (Phi) is 4.17. The number of nitrogens with one attached hydrogen (secondary N) is 1. The Morgan fingerprint density at radius 1 is 1.29 bits per heavy atom. The van der Waals surface area contributed by atoms with Crippen LogP contribution in [0.5, 0.6) is 0 Å². The van der Waals surface area contributed by atoms with E-state index in [9.17, 15) is 4.79 Å². The fourth-order valence-corrected chi connectivity index (χ4v) is 3.19. The third kappa shape index (κ3) is 3.40. The van der Waals surface area contributed by atoms with Crippen LogP contribution in [0, 0.1) is 0 Å². The summed E-state index contributed by atoms with van der Waals surface area (Å²) < 4.78 is 2.63. The molecule has 0 aliphatic rings. The Balaban J connectivity index is 1.68. The van der Waals surface area contributed by atoms with Crippen LogP contribution in [0.1, 0.15) is 15.9 Å². The molecule has 0 saturated carbocycles. The Hall–Kier alpha value is -1.92. The molecule has 4 nitrogen and oxygen atoms in total. The van der Waals surface area contributed by atoms with Gasteiger partial charge in [-0.05, 0) is 32.9 Å². The van der Waals surface area contributed by atoms with Gasteiger partial charge >= 0.3 is 0 Å². The van der Waals surface area contributed by atoms with Crippen LogP contribution in [-0.2, 0) is 6.54 Å². The molecule has 0 radical (unpaired) electrons. The lowest BCUT2D eigenvalue weighted by molar-refractivity contribution is 0.102. The van der Waals surface area contributed by atoms with Crippen molar-refractivity contribution in [3.05, 3.63) is 69.1 Å². The van der Waals surface area contributed by atoms with Gasteiger partial charge < -0.3 is 5.32 Å². The number of thiophene rings is 1. The molecule has 0 aliphatic carbocycles. The molecule has 0 spiro atoms. The van der Waals surface area contributed by atoms with E-state index in [0.717, 1.165) is 3.79 Å². The first-order valence-corrected chi connectivity index (χ1v) is 8.00. The van der Waals surface area contributed by atoms with Gasteiger partial charge in [-0.3, -0.25) is 9.48 Å². The van der Waals surface area contributed by atoms with Gasteiger partial charge in [-0.2, -0.15) is 5.10 Å². The molecule has 21 heavy (non-hydrogen) atoms. The number of aromatic nitrogens is 2. The van der Waals surface area contributed by atoms with Crippen molar-refractivity contribution in [2.24, 2.45) is 0 Å². The molecule has 0 saturated heterocycles. The monoisotopic (exact) mass is 361 g/mol. The Morgan fingerprint density at radius 2 is 2.10 bits per heavy atom. The van der Waals surface area contributed by atoms with Crippen molar-refractivity contribution in [3.8, 4) is 0 Å².